The lowest BCUT2D eigenvalue weighted by atomic mass is 9.98. The minimum atomic E-state index is -2.13. The number of fused-ring (bicyclic) bond motifs is 9. The van der Waals surface area contributed by atoms with Crippen molar-refractivity contribution in [1.29, 1.82) is 0 Å². The van der Waals surface area contributed by atoms with E-state index in [0.29, 0.717) is 0 Å². The normalized spacial score (nSPS) is 13.5. The molecule has 0 atom stereocenters. The average molecular weight is 620 g/mol. The van der Waals surface area contributed by atoms with E-state index in [1.165, 1.54) is 32.4 Å². The van der Waals surface area contributed by atoms with Crippen LogP contribution in [0.1, 0.15) is 0 Å². The summed E-state index contributed by atoms with van der Waals surface area (Å²) >= 11 is 0. The molecule has 4 nitrogen and oxygen atoms in total. The van der Waals surface area contributed by atoms with Crippen LogP contribution in [0.15, 0.2) is 144 Å². The lowest BCUT2D eigenvalue weighted by molar-refractivity contribution is 0.670. The van der Waals surface area contributed by atoms with Crippen LogP contribution in [0, 0.1) is 0 Å². The summed E-state index contributed by atoms with van der Waals surface area (Å²) in [5.74, 6) is 0.749. The highest BCUT2D eigenvalue weighted by Crippen LogP contribution is 2.42. The molecule has 0 fully saturated rings. The maximum absolute atomic E-state index is 6.58. The molecule has 1 aliphatic rings. The predicted molar refractivity (Wildman–Crippen MR) is 197 cm³/mol. The molecule has 4 heterocycles. The number of aromatic nitrogens is 3. The molecule has 0 N–H and O–H groups in total. The van der Waals surface area contributed by atoms with Gasteiger partial charge in [0.1, 0.15) is 19.2 Å². The van der Waals surface area contributed by atoms with Crippen LogP contribution in [-0.4, -0.2) is 22.6 Å². The fraction of sp³-hybridized carbons (Fsp3) is 0.0476. The third-order valence-electron chi connectivity index (χ3n) is 9.98. The van der Waals surface area contributed by atoms with Gasteiger partial charge in [0.15, 0.2) is 5.82 Å². The van der Waals surface area contributed by atoms with E-state index in [4.69, 9.17) is 14.4 Å². The van der Waals surface area contributed by atoms with Crippen molar-refractivity contribution in [3.8, 4) is 39.5 Å². The number of furan rings is 1. The van der Waals surface area contributed by atoms with E-state index in [-0.39, 0.29) is 0 Å². The zero-order valence-corrected chi connectivity index (χ0v) is 27.0. The first-order valence-electron chi connectivity index (χ1n) is 16.1. The molecule has 6 aromatic carbocycles. The number of benzene rings is 6. The Labute approximate surface area is 272 Å². The molecule has 3 aromatic heterocycles. The summed E-state index contributed by atoms with van der Waals surface area (Å²) in [6, 6.07) is 49.4. The van der Waals surface area contributed by atoms with E-state index in [0.717, 1.165) is 61.4 Å². The number of nitrogens with zero attached hydrogens (tertiary/aromatic N) is 3. The fourth-order valence-electron chi connectivity index (χ4n) is 7.77. The van der Waals surface area contributed by atoms with Crippen LogP contribution < -0.4 is 10.5 Å². The zero-order valence-electron chi connectivity index (χ0n) is 26.0. The zero-order chi connectivity index (χ0) is 31.3. The molecule has 0 amide bonds. The molecule has 5 heteroatoms. The third-order valence-corrected chi connectivity index (χ3v) is 13.3. The number of hydrogen-bond donors (Lipinski definition) is 0. The average Bonchev–Trinajstić information content (AvgIpc) is 3.74. The van der Waals surface area contributed by atoms with Crippen molar-refractivity contribution in [2.45, 2.75) is 13.1 Å². The summed E-state index contributed by atoms with van der Waals surface area (Å²) in [5, 5.41) is 7.20. The molecular weight excluding hydrogens is 591 g/mol. The van der Waals surface area contributed by atoms with E-state index in [1.807, 2.05) is 12.1 Å². The Balaban J connectivity index is 1.27. The monoisotopic (exact) mass is 619 g/mol. The Morgan fingerprint density at radius 3 is 2.17 bits per heavy atom. The minimum Gasteiger partial charge on any atom is -0.455 e. The Bertz CT molecular complexity index is 2720. The number of hydrogen-bond acceptors (Lipinski definition) is 3. The lowest BCUT2D eigenvalue weighted by Gasteiger charge is -2.19. The van der Waals surface area contributed by atoms with Gasteiger partial charge < -0.3 is 8.98 Å². The molecule has 1 aliphatic heterocycles. The Morgan fingerprint density at radius 1 is 0.574 bits per heavy atom. The SMILES string of the molecule is C[Si]1(C)c2ccccc2-c2c(-c3cccc4c3oc3ccccc34)nc(-c3ccc4c(c3)c3ccccc3n4-c3ccccc3)nc21. The first-order chi connectivity index (χ1) is 23.1. The van der Waals surface area contributed by atoms with Gasteiger partial charge in [-0.2, -0.15) is 0 Å². The van der Waals surface area contributed by atoms with E-state index in [1.54, 1.807) is 0 Å². The molecular formula is C42H29N3OSi. The van der Waals surface area contributed by atoms with Gasteiger partial charge >= 0.3 is 0 Å². The molecule has 0 saturated carbocycles. The van der Waals surface area contributed by atoms with Gasteiger partial charge in [-0.15, -0.1) is 0 Å². The predicted octanol–water partition coefficient (Wildman–Crippen LogP) is 9.61. The van der Waals surface area contributed by atoms with Gasteiger partial charge in [0.05, 0.1) is 16.7 Å². The fourth-order valence-corrected chi connectivity index (χ4v) is 10.7. The van der Waals surface area contributed by atoms with E-state index in [9.17, 15) is 0 Å². The second-order valence-corrected chi connectivity index (χ2v) is 17.3. The highest BCUT2D eigenvalue weighted by Gasteiger charge is 2.41. The van der Waals surface area contributed by atoms with E-state index in [2.05, 4.69) is 145 Å². The minimum absolute atomic E-state index is 0.749. The smallest absolute Gasteiger partial charge is 0.159 e. The van der Waals surface area contributed by atoms with Gasteiger partial charge in [0.25, 0.3) is 0 Å². The van der Waals surface area contributed by atoms with Gasteiger partial charge in [0, 0.05) is 49.2 Å². The molecule has 0 spiro atoms. The molecule has 0 unspecified atom stereocenters. The van der Waals surface area contributed by atoms with Crippen molar-refractivity contribution >= 4 is 62.3 Å². The molecule has 0 saturated heterocycles. The lowest BCUT2D eigenvalue weighted by Crippen LogP contribution is -2.50. The highest BCUT2D eigenvalue weighted by atomic mass is 28.3. The molecule has 9 aromatic rings. The van der Waals surface area contributed by atoms with E-state index >= 15 is 0 Å². The van der Waals surface area contributed by atoms with Crippen LogP contribution in [0.5, 0.6) is 0 Å². The van der Waals surface area contributed by atoms with Crippen LogP contribution in [-0.2, 0) is 0 Å². The standard InChI is InChI=1S/C42H29N3OSi/c1-47(2)37-22-11-8-17-31(37)38-39(32-19-12-18-30-29-16-7-10-21-36(29)46-40(30)32)43-41(44-42(38)47)26-23-24-35-33(25-26)28-15-6-9-20-34(28)45(35)27-13-4-3-5-14-27/h3-25H,1-2H3. The van der Waals surface area contributed by atoms with Crippen molar-refractivity contribution in [1.82, 2.24) is 14.5 Å². The molecule has 0 bridgehead atoms. The molecule has 0 radical (unpaired) electrons. The van der Waals surface area contributed by atoms with Crippen molar-refractivity contribution < 1.29 is 4.42 Å². The molecule has 222 valence electrons. The largest absolute Gasteiger partial charge is 0.455 e. The Kier molecular flexibility index (Phi) is 5.41. The van der Waals surface area contributed by atoms with Crippen LogP contribution in [0.3, 0.4) is 0 Å². The van der Waals surface area contributed by atoms with Gasteiger partial charge in [-0.3, -0.25) is 0 Å². The van der Waals surface area contributed by atoms with Gasteiger partial charge in [0.2, 0.25) is 0 Å². The molecule has 10 rings (SSSR count). The first kappa shape index (κ1) is 26.4. The van der Waals surface area contributed by atoms with Gasteiger partial charge in [-0.25, -0.2) is 9.97 Å². The third kappa shape index (κ3) is 3.69. The Morgan fingerprint density at radius 2 is 1.28 bits per heavy atom. The summed E-state index contributed by atoms with van der Waals surface area (Å²) < 4.78 is 8.93. The second-order valence-electron chi connectivity index (χ2n) is 13.0. The summed E-state index contributed by atoms with van der Waals surface area (Å²) in [5.41, 5.74) is 10.6. The second kappa shape index (κ2) is 9.61. The Hall–Kier alpha value is -5.78. The van der Waals surface area contributed by atoms with Crippen molar-refractivity contribution in [3.05, 3.63) is 140 Å². The number of para-hydroxylation sites is 4. The van der Waals surface area contributed by atoms with E-state index < -0.39 is 8.07 Å². The maximum atomic E-state index is 6.58. The summed E-state index contributed by atoms with van der Waals surface area (Å²) in [6.07, 6.45) is 0. The van der Waals surface area contributed by atoms with Crippen LogP contribution >= 0.6 is 0 Å². The first-order valence-corrected chi connectivity index (χ1v) is 19.1. The summed E-state index contributed by atoms with van der Waals surface area (Å²) in [4.78, 5) is 10.9. The highest BCUT2D eigenvalue weighted by molar-refractivity contribution is 7.03. The van der Waals surface area contributed by atoms with Crippen LogP contribution in [0.2, 0.25) is 13.1 Å². The summed E-state index contributed by atoms with van der Waals surface area (Å²) in [6.45, 7) is 4.83. The van der Waals surface area contributed by atoms with Crippen LogP contribution in [0.25, 0.3) is 83.2 Å². The van der Waals surface area contributed by atoms with Crippen LogP contribution in [0.4, 0.5) is 0 Å². The van der Waals surface area contributed by atoms with Crippen molar-refractivity contribution in [2.24, 2.45) is 0 Å². The van der Waals surface area contributed by atoms with Gasteiger partial charge in [-0.05, 0) is 59.3 Å². The quantitative estimate of drug-likeness (QED) is 0.185. The van der Waals surface area contributed by atoms with Gasteiger partial charge in [-0.1, -0.05) is 104 Å². The number of rotatable bonds is 3. The summed E-state index contributed by atoms with van der Waals surface area (Å²) in [7, 11) is -2.13. The maximum Gasteiger partial charge on any atom is 0.159 e. The topological polar surface area (TPSA) is 43.9 Å². The van der Waals surface area contributed by atoms with Crippen molar-refractivity contribution in [3.63, 3.8) is 0 Å². The van der Waals surface area contributed by atoms with Crippen molar-refractivity contribution in [2.75, 3.05) is 0 Å². The molecule has 0 aliphatic carbocycles. The molecule has 47 heavy (non-hydrogen) atoms.